The fraction of sp³-hybridized carbons (Fsp3) is 0.636. The number of hydrogen-bond donors (Lipinski definition) is 1. The molecule has 1 aliphatic heterocycles. The Morgan fingerprint density at radius 1 is 1.22 bits per heavy atom. The van der Waals surface area contributed by atoms with Gasteiger partial charge in [-0.05, 0) is 20.8 Å². The third kappa shape index (κ3) is 3.83. The van der Waals surface area contributed by atoms with Gasteiger partial charge in [-0.25, -0.2) is 9.69 Å². The highest BCUT2D eigenvalue weighted by atomic mass is 16.6. The normalized spacial score (nSPS) is 15.8. The summed E-state index contributed by atoms with van der Waals surface area (Å²) >= 11 is 0. The van der Waals surface area contributed by atoms with Crippen LogP contribution in [-0.4, -0.2) is 40.9 Å². The maximum absolute atomic E-state index is 11.6. The van der Waals surface area contributed by atoms with Crippen LogP contribution in [0.5, 0.6) is 0 Å². The molecule has 1 aliphatic rings. The van der Waals surface area contributed by atoms with Gasteiger partial charge in [-0.3, -0.25) is 14.4 Å². The van der Waals surface area contributed by atoms with Gasteiger partial charge in [0.2, 0.25) is 11.8 Å². The molecule has 1 N–H and O–H groups in total. The number of imide groups is 3. The van der Waals surface area contributed by atoms with Crippen molar-refractivity contribution in [3.05, 3.63) is 0 Å². The standard InChI is InChI=1S/C11H16N2O5/c1-11(2,3)18-10(17)12-6-9(16)13-7(14)4-5-8(13)15/h4-6H2,1-3H3,(H,12,17). The first-order chi connectivity index (χ1) is 8.20. The number of hydrogen-bond acceptors (Lipinski definition) is 5. The third-order valence-corrected chi connectivity index (χ3v) is 2.08. The van der Waals surface area contributed by atoms with Crippen LogP contribution in [0.3, 0.4) is 0 Å². The molecule has 0 radical (unpaired) electrons. The first-order valence-corrected chi connectivity index (χ1v) is 5.56. The molecule has 0 saturated carbocycles. The van der Waals surface area contributed by atoms with Crippen molar-refractivity contribution in [2.24, 2.45) is 0 Å². The first kappa shape index (κ1) is 14.1. The van der Waals surface area contributed by atoms with E-state index in [1.807, 2.05) is 0 Å². The van der Waals surface area contributed by atoms with Crippen LogP contribution in [0.1, 0.15) is 33.6 Å². The maximum atomic E-state index is 11.6. The van der Waals surface area contributed by atoms with Gasteiger partial charge in [0.15, 0.2) is 0 Å². The smallest absolute Gasteiger partial charge is 0.408 e. The van der Waals surface area contributed by atoms with E-state index in [0.717, 1.165) is 0 Å². The summed E-state index contributed by atoms with van der Waals surface area (Å²) in [5, 5.41) is 2.20. The van der Waals surface area contributed by atoms with Gasteiger partial charge in [-0.1, -0.05) is 0 Å². The number of nitrogens with one attached hydrogen (secondary N) is 1. The third-order valence-electron chi connectivity index (χ3n) is 2.08. The zero-order valence-electron chi connectivity index (χ0n) is 10.6. The molecule has 0 aliphatic carbocycles. The minimum absolute atomic E-state index is 0.0387. The Hall–Kier alpha value is -1.92. The zero-order valence-corrected chi connectivity index (χ0v) is 10.6. The van der Waals surface area contributed by atoms with Gasteiger partial charge in [0.25, 0.3) is 5.91 Å². The summed E-state index contributed by atoms with van der Waals surface area (Å²) in [6.45, 7) is 4.61. The first-order valence-electron chi connectivity index (χ1n) is 5.56. The summed E-state index contributed by atoms with van der Waals surface area (Å²) in [6.07, 6.45) is -0.691. The molecular formula is C11H16N2O5. The van der Waals surface area contributed by atoms with E-state index in [9.17, 15) is 19.2 Å². The number of carbonyl (C=O) groups excluding carboxylic acids is 4. The van der Waals surface area contributed by atoms with Gasteiger partial charge < -0.3 is 10.1 Å². The Morgan fingerprint density at radius 2 is 1.72 bits per heavy atom. The van der Waals surface area contributed by atoms with E-state index in [4.69, 9.17) is 4.74 Å². The highest BCUT2D eigenvalue weighted by Crippen LogP contribution is 2.11. The molecule has 0 aromatic carbocycles. The minimum Gasteiger partial charge on any atom is -0.444 e. The molecule has 0 spiro atoms. The Kier molecular flexibility index (Phi) is 4.05. The van der Waals surface area contributed by atoms with E-state index >= 15 is 0 Å². The molecule has 1 fully saturated rings. The molecule has 1 heterocycles. The average Bonchev–Trinajstić information content (AvgIpc) is 2.53. The van der Waals surface area contributed by atoms with Gasteiger partial charge in [-0.2, -0.15) is 0 Å². The Bertz CT molecular complexity index is 381. The average molecular weight is 256 g/mol. The number of carbonyl (C=O) groups is 4. The molecule has 7 heteroatoms. The molecule has 1 saturated heterocycles. The van der Waals surface area contributed by atoms with Crippen LogP contribution in [0.4, 0.5) is 4.79 Å². The van der Waals surface area contributed by atoms with Crippen molar-refractivity contribution in [2.75, 3.05) is 6.54 Å². The molecule has 1 rings (SSSR count). The second-order valence-corrected chi connectivity index (χ2v) is 4.87. The zero-order chi connectivity index (χ0) is 13.9. The highest BCUT2D eigenvalue weighted by Gasteiger charge is 2.34. The molecular weight excluding hydrogens is 240 g/mol. The van der Waals surface area contributed by atoms with E-state index in [0.29, 0.717) is 4.90 Å². The van der Waals surface area contributed by atoms with Gasteiger partial charge in [0.1, 0.15) is 12.1 Å². The number of alkyl carbamates (subject to hydrolysis) is 1. The summed E-state index contributed by atoms with van der Waals surface area (Å²) in [5.74, 6) is -1.81. The predicted octanol–water partition coefficient (Wildman–Crippen LogP) is 0.187. The van der Waals surface area contributed by atoms with E-state index in [1.165, 1.54) is 0 Å². The lowest BCUT2D eigenvalue weighted by Gasteiger charge is -2.20. The fourth-order valence-electron chi connectivity index (χ4n) is 1.40. The molecule has 0 unspecified atom stereocenters. The van der Waals surface area contributed by atoms with Crippen LogP contribution in [0, 0.1) is 0 Å². The Balaban J connectivity index is 2.44. The second-order valence-electron chi connectivity index (χ2n) is 4.87. The monoisotopic (exact) mass is 256 g/mol. The van der Waals surface area contributed by atoms with Gasteiger partial charge in [-0.15, -0.1) is 0 Å². The molecule has 0 bridgehead atoms. The van der Waals surface area contributed by atoms with E-state index < -0.39 is 36.0 Å². The number of nitrogens with zero attached hydrogens (tertiary/aromatic N) is 1. The molecule has 7 nitrogen and oxygen atoms in total. The number of amides is 4. The molecule has 0 atom stereocenters. The van der Waals surface area contributed by atoms with Gasteiger partial charge in [0, 0.05) is 12.8 Å². The maximum Gasteiger partial charge on any atom is 0.408 e. The van der Waals surface area contributed by atoms with Crippen LogP contribution in [-0.2, 0) is 19.1 Å². The van der Waals surface area contributed by atoms with Crippen molar-refractivity contribution in [3.8, 4) is 0 Å². The lowest BCUT2D eigenvalue weighted by atomic mass is 10.2. The SMILES string of the molecule is CC(C)(C)OC(=O)NCC(=O)N1C(=O)CCC1=O. The molecule has 100 valence electrons. The Morgan fingerprint density at radius 3 is 2.17 bits per heavy atom. The lowest BCUT2D eigenvalue weighted by Crippen LogP contribution is -2.44. The van der Waals surface area contributed by atoms with Crippen molar-refractivity contribution in [2.45, 2.75) is 39.2 Å². The Labute approximate surface area is 104 Å². The van der Waals surface area contributed by atoms with E-state index in [1.54, 1.807) is 20.8 Å². The summed E-state index contributed by atoms with van der Waals surface area (Å²) in [5.41, 5.74) is -0.674. The quantitative estimate of drug-likeness (QED) is 0.712. The van der Waals surface area contributed by atoms with Crippen molar-refractivity contribution in [3.63, 3.8) is 0 Å². The molecule has 4 amide bonds. The summed E-state index contributed by atoms with van der Waals surface area (Å²) < 4.78 is 4.91. The van der Waals surface area contributed by atoms with Crippen LogP contribution >= 0.6 is 0 Å². The predicted molar refractivity (Wildman–Crippen MR) is 60.3 cm³/mol. The number of likely N-dealkylation sites (tertiary alicyclic amines) is 1. The van der Waals surface area contributed by atoms with Crippen molar-refractivity contribution in [1.29, 1.82) is 0 Å². The van der Waals surface area contributed by atoms with Gasteiger partial charge in [0.05, 0.1) is 0 Å². The number of ether oxygens (including phenoxy) is 1. The van der Waals surface area contributed by atoms with Crippen LogP contribution in [0.2, 0.25) is 0 Å². The van der Waals surface area contributed by atoms with E-state index in [2.05, 4.69) is 5.32 Å². The summed E-state index contributed by atoms with van der Waals surface area (Å²) in [7, 11) is 0. The molecule has 0 aromatic heterocycles. The lowest BCUT2D eigenvalue weighted by molar-refractivity contribution is -0.148. The summed E-state index contributed by atoms with van der Waals surface area (Å²) in [4.78, 5) is 45.9. The van der Waals surface area contributed by atoms with E-state index in [-0.39, 0.29) is 12.8 Å². The largest absolute Gasteiger partial charge is 0.444 e. The molecule has 18 heavy (non-hydrogen) atoms. The van der Waals surface area contributed by atoms with Gasteiger partial charge >= 0.3 is 6.09 Å². The van der Waals surface area contributed by atoms with Crippen LogP contribution in [0.15, 0.2) is 0 Å². The van der Waals surface area contributed by atoms with Crippen LogP contribution < -0.4 is 5.32 Å². The fourth-order valence-corrected chi connectivity index (χ4v) is 1.40. The van der Waals surface area contributed by atoms with Crippen molar-refractivity contribution >= 4 is 23.8 Å². The highest BCUT2D eigenvalue weighted by molar-refractivity contribution is 6.15. The van der Waals surface area contributed by atoms with Crippen molar-refractivity contribution < 1.29 is 23.9 Å². The molecule has 0 aromatic rings. The minimum atomic E-state index is -0.769. The second kappa shape index (κ2) is 5.16. The van der Waals surface area contributed by atoms with Crippen LogP contribution in [0.25, 0.3) is 0 Å². The van der Waals surface area contributed by atoms with Crippen molar-refractivity contribution in [1.82, 2.24) is 10.2 Å². The summed E-state index contributed by atoms with van der Waals surface area (Å²) in [6, 6.07) is 0. The number of rotatable bonds is 2. The topological polar surface area (TPSA) is 92.8 Å².